The maximum Gasteiger partial charge on any atom is 0.247 e. The quantitative estimate of drug-likeness (QED) is 0.784. The monoisotopic (exact) mass is 237 g/mol. The number of rotatable bonds is 2. The van der Waals surface area contributed by atoms with Gasteiger partial charge in [-0.3, -0.25) is 4.79 Å². The smallest absolute Gasteiger partial charge is 0.247 e. The van der Waals surface area contributed by atoms with Gasteiger partial charge in [0.2, 0.25) is 5.91 Å². The lowest BCUT2D eigenvalue weighted by atomic mass is 10.1. The molecule has 2 rings (SSSR count). The lowest BCUT2D eigenvalue weighted by Gasteiger charge is -2.04. The predicted octanol–water partition coefficient (Wildman–Crippen LogP) is 1.14. The number of nitrogens with one attached hydrogen (secondary N) is 1. The molecule has 0 saturated heterocycles. The molecule has 0 bridgehead atoms. The molecule has 1 aromatic carbocycles. The average Bonchev–Trinajstić information content (AvgIpc) is 2.55. The summed E-state index contributed by atoms with van der Waals surface area (Å²) in [5, 5.41) is 2.54. The van der Waals surface area contributed by atoms with Gasteiger partial charge in [-0.2, -0.15) is 0 Å². The summed E-state index contributed by atoms with van der Waals surface area (Å²) in [5.41, 5.74) is 1.30. The molecule has 0 aliphatic carbocycles. The highest BCUT2D eigenvalue weighted by atomic mass is 32.2. The van der Waals surface area contributed by atoms with Gasteiger partial charge >= 0.3 is 0 Å². The van der Waals surface area contributed by atoms with Crippen LogP contribution in [0.5, 0.6) is 0 Å². The molecule has 1 aliphatic rings. The number of hydrogen-bond donors (Lipinski definition) is 1. The molecule has 1 aromatic rings. The second-order valence-electron chi connectivity index (χ2n) is 3.58. The molecule has 0 fully saturated rings. The van der Waals surface area contributed by atoms with Crippen LogP contribution in [0.2, 0.25) is 0 Å². The van der Waals surface area contributed by atoms with Crippen molar-refractivity contribution in [3.05, 3.63) is 36.4 Å². The highest BCUT2D eigenvalue weighted by molar-refractivity contribution is 7.91. The topological polar surface area (TPSA) is 63.2 Å². The Hall–Kier alpha value is -1.62. The second-order valence-corrected chi connectivity index (χ2v) is 5.66. The van der Waals surface area contributed by atoms with E-state index in [9.17, 15) is 13.2 Å². The fourth-order valence-electron chi connectivity index (χ4n) is 1.68. The van der Waals surface area contributed by atoms with Gasteiger partial charge in [0.15, 0.2) is 9.84 Å². The third-order valence-electron chi connectivity index (χ3n) is 2.50. The van der Waals surface area contributed by atoms with Crippen molar-refractivity contribution in [2.45, 2.75) is 11.3 Å². The SMILES string of the molecule is C=CC(=O)Nc1ccc2c(c1)S(=O)(=O)CC2. The van der Waals surface area contributed by atoms with Gasteiger partial charge in [0.1, 0.15) is 0 Å². The van der Waals surface area contributed by atoms with E-state index in [2.05, 4.69) is 11.9 Å². The molecule has 0 saturated carbocycles. The van der Waals surface area contributed by atoms with Crippen molar-refractivity contribution in [3.8, 4) is 0 Å². The Morgan fingerprint density at radius 2 is 2.19 bits per heavy atom. The first kappa shape index (κ1) is 10.9. The summed E-state index contributed by atoms with van der Waals surface area (Å²) < 4.78 is 23.3. The Morgan fingerprint density at radius 3 is 2.88 bits per heavy atom. The largest absolute Gasteiger partial charge is 0.322 e. The van der Waals surface area contributed by atoms with Crippen LogP contribution >= 0.6 is 0 Å². The van der Waals surface area contributed by atoms with E-state index in [0.717, 1.165) is 11.6 Å². The number of amides is 1. The van der Waals surface area contributed by atoms with E-state index in [4.69, 9.17) is 0 Å². The van der Waals surface area contributed by atoms with Crippen LogP contribution in [0.15, 0.2) is 35.7 Å². The van der Waals surface area contributed by atoms with Crippen molar-refractivity contribution in [1.82, 2.24) is 0 Å². The van der Waals surface area contributed by atoms with Crippen LogP contribution in [0.3, 0.4) is 0 Å². The number of anilines is 1. The van der Waals surface area contributed by atoms with Gasteiger partial charge in [-0.05, 0) is 30.2 Å². The van der Waals surface area contributed by atoms with Crippen LogP contribution in [0.4, 0.5) is 5.69 Å². The normalized spacial score (nSPS) is 16.5. The first-order chi connectivity index (χ1) is 7.53. The molecule has 0 radical (unpaired) electrons. The molecule has 16 heavy (non-hydrogen) atoms. The summed E-state index contributed by atoms with van der Waals surface area (Å²) in [6.07, 6.45) is 1.69. The molecule has 0 atom stereocenters. The number of aryl methyl sites for hydroxylation is 1. The van der Waals surface area contributed by atoms with Gasteiger partial charge in [0.25, 0.3) is 0 Å². The van der Waals surface area contributed by atoms with E-state index < -0.39 is 9.84 Å². The van der Waals surface area contributed by atoms with Gasteiger partial charge in [-0.15, -0.1) is 0 Å². The lowest BCUT2D eigenvalue weighted by molar-refractivity contribution is -0.111. The summed E-state index contributed by atoms with van der Waals surface area (Å²) in [5.74, 6) is -0.198. The van der Waals surface area contributed by atoms with Crippen molar-refractivity contribution >= 4 is 21.4 Å². The third-order valence-corrected chi connectivity index (χ3v) is 4.29. The first-order valence-electron chi connectivity index (χ1n) is 4.82. The Bertz CT molecular complexity index is 561. The average molecular weight is 237 g/mol. The second kappa shape index (κ2) is 3.75. The highest BCUT2D eigenvalue weighted by Crippen LogP contribution is 2.28. The number of carbonyl (C=O) groups excluding carboxylic acids is 1. The molecule has 4 nitrogen and oxygen atoms in total. The number of fused-ring (bicyclic) bond motifs is 1. The van der Waals surface area contributed by atoms with Gasteiger partial charge in [0.05, 0.1) is 10.6 Å². The van der Waals surface area contributed by atoms with Crippen molar-refractivity contribution in [2.24, 2.45) is 0 Å². The predicted molar refractivity (Wildman–Crippen MR) is 61.0 cm³/mol. The van der Waals surface area contributed by atoms with E-state index in [1.165, 1.54) is 6.07 Å². The zero-order valence-corrected chi connectivity index (χ0v) is 9.38. The van der Waals surface area contributed by atoms with E-state index in [-0.39, 0.29) is 11.7 Å². The number of carbonyl (C=O) groups is 1. The van der Waals surface area contributed by atoms with Crippen molar-refractivity contribution in [2.75, 3.05) is 11.1 Å². The fourth-order valence-corrected chi connectivity index (χ4v) is 3.26. The van der Waals surface area contributed by atoms with Crippen LogP contribution in [-0.2, 0) is 21.1 Å². The fraction of sp³-hybridized carbons (Fsp3) is 0.182. The summed E-state index contributed by atoms with van der Waals surface area (Å²) in [7, 11) is -3.15. The Balaban J connectivity index is 2.40. The highest BCUT2D eigenvalue weighted by Gasteiger charge is 2.26. The molecule has 5 heteroatoms. The van der Waals surface area contributed by atoms with Crippen LogP contribution in [0.25, 0.3) is 0 Å². The molecule has 1 amide bonds. The van der Waals surface area contributed by atoms with Gasteiger partial charge in [-0.25, -0.2) is 8.42 Å². The standard InChI is InChI=1S/C11H11NO3S/c1-2-11(13)12-9-4-3-8-5-6-16(14,15)10(8)7-9/h2-4,7H,1,5-6H2,(H,12,13). The number of hydrogen-bond acceptors (Lipinski definition) is 3. The number of sulfone groups is 1. The zero-order chi connectivity index (χ0) is 11.8. The maximum atomic E-state index is 11.6. The summed E-state index contributed by atoms with van der Waals surface area (Å²) in [4.78, 5) is 11.4. The first-order valence-corrected chi connectivity index (χ1v) is 6.47. The van der Waals surface area contributed by atoms with Crippen LogP contribution in [-0.4, -0.2) is 20.1 Å². The van der Waals surface area contributed by atoms with Crippen LogP contribution in [0.1, 0.15) is 5.56 Å². The van der Waals surface area contributed by atoms with Crippen molar-refractivity contribution in [1.29, 1.82) is 0 Å². The van der Waals surface area contributed by atoms with Crippen molar-refractivity contribution < 1.29 is 13.2 Å². The Kier molecular flexibility index (Phi) is 2.55. The minimum Gasteiger partial charge on any atom is -0.322 e. The van der Waals surface area contributed by atoms with Crippen LogP contribution in [0, 0.1) is 0 Å². The van der Waals surface area contributed by atoms with Crippen LogP contribution < -0.4 is 5.32 Å². The van der Waals surface area contributed by atoms with Gasteiger partial charge < -0.3 is 5.32 Å². The van der Waals surface area contributed by atoms with E-state index in [1.54, 1.807) is 12.1 Å². The van der Waals surface area contributed by atoms with Gasteiger partial charge in [0, 0.05) is 5.69 Å². The molecule has 0 unspecified atom stereocenters. The molecule has 84 valence electrons. The summed E-state index contributed by atoms with van der Waals surface area (Å²) in [6.45, 7) is 3.33. The summed E-state index contributed by atoms with van der Waals surface area (Å²) in [6, 6.07) is 4.93. The van der Waals surface area contributed by atoms with E-state index in [1.807, 2.05) is 0 Å². The number of benzene rings is 1. The molecule has 0 aromatic heterocycles. The minimum atomic E-state index is -3.15. The Labute approximate surface area is 93.9 Å². The van der Waals surface area contributed by atoms with E-state index >= 15 is 0 Å². The van der Waals surface area contributed by atoms with Crippen molar-refractivity contribution in [3.63, 3.8) is 0 Å². The minimum absolute atomic E-state index is 0.154. The third kappa shape index (κ3) is 1.86. The molecular weight excluding hydrogens is 226 g/mol. The zero-order valence-electron chi connectivity index (χ0n) is 8.56. The summed E-state index contributed by atoms with van der Waals surface area (Å²) >= 11 is 0. The maximum absolute atomic E-state index is 11.6. The van der Waals surface area contributed by atoms with Gasteiger partial charge in [-0.1, -0.05) is 12.6 Å². The molecule has 1 N–H and O–H groups in total. The molecule has 0 spiro atoms. The molecular formula is C11H11NO3S. The molecule has 1 heterocycles. The molecule has 1 aliphatic heterocycles. The van der Waals surface area contributed by atoms with E-state index in [0.29, 0.717) is 17.0 Å². The Morgan fingerprint density at radius 1 is 1.44 bits per heavy atom. The lowest BCUT2D eigenvalue weighted by Crippen LogP contribution is -2.08.